The molecule has 0 aliphatic carbocycles. The molecule has 0 aliphatic heterocycles. The van der Waals surface area contributed by atoms with E-state index in [0.29, 0.717) is 48.7 Å². The summed E-state index contributed by atoms with van der Waals surface area (Å²) in [6, 6.07) is 9.16. The van der Waals surface area contributed by atoms with Gasteiger partial charge in [-0.2, -0.15) is 0 Å². The van der Waals surface area contributed by atoms with Crippen molar-refractivity contribution in [1.82, 2.24) is 15.0 Å². The Morgan fingerprint density at radius 1 is 1.10 bits per heavy atom. The third-order valence-corrected chi connectivity index (χ3v) is 9.45. The standard InChI is InChI=1S/C33H45N7O7S2.CH3/c1-32(36-3,16-15-27(42)43)22-33(2,49-29(48)23-11-6-4-7-12-23)30(46)47-21-25-20-40(39-38-25)18-9-5-8-14-26(41)19-24(28(44)45)13-10-17-37-31(34)35;/h4,6-7,11-12,20,24H,5,8-10,13-19,21-22H2,1-2H3,(H,42,43)(H,44,45)(H4,34,35,37);1H3/q;-1/p+1. The molecule has 274 valence electrons. The number of aromatic nitrogens is 3. The van der Waals surface area contributed by atoms with Crippen molar-refractivity contribution < 1.29 is 39.1 Å². The number of carboxylic acids is 2. The highest BCUT2D eigenvalue weighted by Crippen LogP contribution is 2.40. The number of thiocarbonyl (C=S) groups is 1. The van der Waals surface area contributed by atoms with Gasteiger partial charge < -0.3 is 27.2 Å². The first kappa shape index (κ1) is 43.7. The average Bonchev–Trinajstić information content (AvgIpc) is 3.51. The van der Waals surface area contributed by atoms with Crippen LogP contribution in [0.25, 0.3) is 4.85 Å². The van der Waals surface area contributed by atoms with Crippen LogP contribution in [0, 0.1) is 19.9 Å². The van der Waals surface area contributed by atoms with E-state index >= 15 is 0 Å². The van der Waals surface area contributed by atoms with Crippen LogP contribution >= 0.6 is 24.0 Å². The van der Waals surface area contributed by atoms with Gasteiger partial charge in [0.25, 0.3) is 0 Å². The molecule has 1 aromatic carbocycles. The van der Waals surface area contributed by atoms with Gasteiger partial charge in [-0.15, -0.1) is 5.10 Å². The number of guanidine groups is 1. The van der Waals surface area contributed by atoms with Gasteiger partial charge in [0.2, 0.25) is 5.54 Å². The van der Waals surface area contributed by atoms with Crippen LogP contribution in [-0.2, 0) is 37.1 Å². The second-order valence-corrected chi connectivity index (χ2v) is 14.5. The molecule has 3 atom stereocenters. The Morgan fingerprint density at radius 3 is 2.42 bits per heavy atom. The van der Waals surface area contributed by atoms with Crippen LogP contribution in [0.5, 0.6) is 0 Å². The number of nitrogens with two attached hydrogens (primary N) is 2. The summed E-state index contributed by atoms with van der Waals surface area (Å²) in [6.45, 7) is 11.8. The fourth-order valence-corrected chi connectivity index (χ4v) is 7.00. The molecule has 0 fully saturated rings. The monoisotopic (exact) mass is 731 g/mol. The van der Waals surface area contributed by atoms with E-state index in [1.165, 1.54) is 0 Å². The van der Waals surface area contributed by atoms with E-state index < -0.39 is 34.1 Å². The number of ketones is 1. The lowest BCUT2D eigenvalue weighted by Gasteiger charge is -2.31. The topological polar surface area (TPSA) is 219 Å². The highest BCUT2D eigenvalue weighted by atomic mass is 32.2. The number of hydrogen-bond donors (Lipinski definition) is 5. The van der Waals surface area contributed by atoms with Crippen LogP contribution in [0.15, 0.2) is 36.5 Å². The number of hydrogen-bond acceptors (Lipinski definition) is 9. The maximum atomic E-state index is 13.6. The first-order chi connectivity index (χ1) is 23.2. The maximum Gasteiger partial charge on any atom is 0.338 e. The van der Waals surface area contributed by atoms with Crippen molar-refractivity contribution in [2.24, 2.45) is 17.4 Å². The Bertz CT molecular complexity index is 1510. The van der Waals surface area contributed by atoms with Gasteiger partial charge in [-0.05, 0) is 38.2 Å². The first-order valence-electron chi connectivity index (χ1n) is 16.0. The predicted molar refractivity (Wildman–Crippen MR) is 195 cm³/mol. The normalized spacial score (nSPS) is 13.7. The van der Waals surface area contributed by atoms with E-state index in [1.807, 2.05) is 30.3 Å². The summed E-state index contributed by atoms with van der Waals surface area (Å²) in [4.78, 5) is 55.2. The van der Waals surface area contributed by atoms with E-state index in [1.54, 1.807) is 24.7 Å². The van der Waals surface area contributed by atoms with Crippen molar-refractivity contribution in [2.75, 3.05) is 6.54 Å². The number of aliphatic carboxylic acids is 2. The number of rotatable bonds is 23. The number of unbranched alkanes of at least 4 members (excludes halogenated alkanes) is 2. The Hall–Kier alpha value is -4.36. The van der Waals surface area contributed by atoms with Gasteiger partial charge in [-0.1, -0.05) is 65.9 Å². The van der Waals surface area contributed by atoms with Crippen molar-refractivity contribution in [2.45, 2.75) is 101 Å². The zero-order valence-electron chi connectivity index (χ0n) is 28.9. The number of Topliss-reactive ketones (excluding diaryl/α,β-unsaturated/α-hetero) is 1. The molecule has 0 radical (unpaired) electrons. The molecule has 3 unspecified atom stereocenters. The molecule has 1 heterocycles. The number of carboxylic acid groups (broad SMARTS) is 2. The van der Waals surface area contributed by atoms with Gasteiger partial charge in [0, 0.05) is 32.7 Å². The van der Waals surface area contributed by atoms with Gasteiger partial charge in [0.1, 0.15) is 22.8 Å². The fraction of sp³-hybridized carbons (Fsp3) is 0.529. The summed E-state index contributed by atoms with van der Waals surface area (Å²) in [7, 11) is 0. The average molecular weight is 732 g/mol. The molecule has 0 saturated heterocycles. The highest BCUT2D eigenvalue weighted by molar-refractivity contribution is 8.25. The van der Waals surface area contributed by atoms with Crippen molar-refractivity contribution in [3.05, 3.63) is 66.6 Å². The number of thioether (sulfide) groups is 1. The van der Waals surface area contributed by atoms with Crippen LogP contribution in [0.2, 0.25) is 0 Å². The first-order valence-corrected chi connectivity index (χ1v) is 17.2. The Morgan fingerprint density at radius 2 is 1.80 bits per heavy atom. The molecule has 2 aromatic rings. The van der Waals surface area contributed by atoms with Gasteiger partial charge in [-0.25, -0.2) is 6.57 Å². The number of esters is 1. The van der Waals surface area contributed by atoms with Crippen molar-refractivity contribution in [3.8, 4) is 0 Å². The summed E-state index contributed by atoms with van der Waals surface area (Å²) in [5.74, 6) is -3.41. The molecule has 0 amide bonds. The lowest BCUT2D eigenvalue weighted by molar-refractivity contribution is -0.459. The predicted octanol–water partition coefficient (Wildman–Crippen LogP) is 2.93. The van der Waals surface area contributed by atoms with E-state index in [9.17, 15) is 29.4 Å². The molecule has 1 aromatic heterocycles. The Labute approximate surface area is 303 Å². The molecule has 0 spiro atoms. The zero-order chi connectivity index (χ0) is 36.5. The van der Waals surface area contributed by atoms with Crippen molar-refractivity contribution in [3.63, 3.8) is 0 Å². The number of benzene rings is 1. The van der Waals surface area contributed by atoms with Gasteiger partial charge in [0.05, 0.1) is 35.7 Å². The lowest BCUT2D eigenvalue weighted by atomic mass is 9.86. The van der Waals surface area contributed by atoms with Crippen LogP contribution in [-0.4, -0.2) is 75.9 Å². The van der Waals surface area contributed by atoms with Gasteiger partial charge in [-0.3, -0.25) is 40.3 Å². The molecule has 0 aliphatic rings. The molecule has 0 bridgehead atoms. The smallest absolute Gasteiger partial charge is 0.338 e. The SMILES string of the molecule is [C-]#[N+]C(C)(CCC(=O)O)CC(C)(SC(=S)c1ccccc1)C(=O)OCc1cn(CCCCCC(=O)CC(CCC[NH+]=C(N)N)C(=O)O)nn1.[CH3-]. The second kappa shape index (κ2) is 21.7. The van der Waals surface area contributed by atoms with Crippen LogP contribution < -0.4 is 16.5 Å². The van der Waals surface area contributed by atoms with E-state index in [-0.39, 0.29) is 57.9 Å². The minimum Gasteiger partial charge on any atom is -0.481 e. The quantitative estimate of drug-likeness (QED) is 0.0278. The summed E-state index contributed by atoms with van der Waals surface area (Å²) in [6.07, 6.45) is 4.70. The number of nitrogens with zero attached hydrogens (tertiary/aromatic N) is 4. The summed E-state index contributed by atoms with van der Waals surface area (Å²) in [5.41, 5.74) is 10.7. The van der Waals surface area contributed by atoms with E-state index in [0.717, 1.165) is 23.7 Å². The second-order valence-electron chi connectivity index (χ2n) is 12.3. The number of carbonyl (C=O) groups excluding carboxylic acids is 2. The van der Waals surface area contributed by atoms with Gasteiger partial charge in [0.15, 0.2) is 0 Å². The lowest BCUT2D eigenvalue weighted by Crippen LogP contribution is -2.78. The highest BCUT2D eigenvalue weighted by Gasteiger charge is 2.47. The largest absolute Gasteiger partial charge is 0.481 e. The maximum absolute atomic E-state index is 13.6. The van der Waals surface area contributed by atoms with Crippen LogP contribution in [0.4, 0.5) is 0 Å². The van der Waals surface area contributed by atoms with Gasteiger partial charge >= 0.3 is 23.9 Å². The molecule has 2 rings (SSSR count). The molecular weight excluding hydrogens is 683 g/mol. The Balaban J connectivity index is 0.0000125. The number of carbonyl (C=O) groups is 4. The molecule has 16 heteroatoms. The van der Waals surface area contributed by atoms with E-state index in [4.69, 9.17) is 35.0 Å². The van der Waals surface area contributed by atoms with Crippen molar-refractivity contribution in [1.29, 1.82) is 0 Å². The van der Waals surface area contributed by atoms with Crippen LogP contribution in [0.3, 0.4) is 0 Å². The molecule has 7 N–H and O–H groups in total. The van der Waals surface area contributed by atoms with E-state index in [2.05, 4.69) is 20.1 Å². The Kier molecular flexibility index (Phi) is 18.9. The molecular formula is C34H49N7O7S2. The number of aryl methyl sites for hydroxylation is 1. The fourth-order valence-electron chi connectivity index (χ4n) is 5.12. The van der Waals surface area contributed by atoms with Crippen molar-refractivity contribution >= 4 is 57.8 Å². The summed E-state index contributed by atoms with van der Waals surface area (Å²) in [5, 5.41) is 26.8. The minimum absolute atomic E-state index is 0. The summed E-state index contributed by atoms with van der Waals surface area (Å²) < 4.78 is 6.44. The summed E-state index contributed by atoms with van der Waals surface area (Å²) >= 11 is 6.75. The number of ether oxygens (including phenoxy) is 1. The third kappa shape index (κ3) is 15.9. The molecule has 14 nitrogen and oxygen atoms in total. The molecule has 50 heavy (non-hydrogen) atoms. The number of nitrogens with one attached hydrogen (secondary N) is 1. The minimum atomic E-state index is -1.29. The van der Waals surface area contributed by atoms with Crippen LogP contribution in [0.1, 0.15) is 89.3 Å². The molecule has 0 saturated carbocycles. The third-order valence-electron chi connectivity index (χ3n) is 7.79. The zero-order valence-corrected chi connectivity index (χ0v) is 30.6.